The number of azo groups is 1. The zero-order valence-electron chi connectivity index (χ0n) is 17.9. The molecule has 0 fully saturated rings. The van der Waals surface area contributed by atoms with Gasteiger partial charge in [0.05, 0.1) is 28.7 Å². The maximum Gasteiger partial charge on any atom is 0.416 e. The lowest BCUT2D eigenvalue weighted by molar-refractivity contribution is -0.137. The van der Waals surface area contributed by atoms with Crippen LogP contribution in [0, 0.1) is 0 Å². The molecule has 4 aromatic rings. The van der Waals surface area contributed by atoms with Crippen LogP contribution in [0.3, 0.4) is 0 Å². The molecule has 4 rings (SSSR count). The van der Waals surface area contributed by atoms with E-state index in [1.165, 1.54) is 42.5 Å². The number of hydrogen-bond donors (Lipinski definition) is 3. The normalized spacial score (nSPS) is 12.0. The Morgan fingerprint density at radius 3 is 2.20 bits per heavy atom. The lowest BCUT2D eigenvalue weighted by atomic mass is 10.1. The van der Waals surface area contributed by atoms with E-state index in [0.717, 1.165) is 29.1 Å². The molecule has 0 aromatic heterocycles. The molecule has 0 radical (unpaired) electrons. The summed E-state index contributed by atoms with van der Waals surface area (Å²) in [4.78, 5) is 12.4. The first-order chi connectivity index (χ1) is 16.7. The van der Waals surface area contributed by atoms with Crippen molar-refractivity contribution in [2.75, 3.05) is 0 Å². The molecule has 3 N–H and O–H groups in total. The number of phenols is 2. The number of halogens is 3. The Balaban J connectivity index is 1.49. The van der Waals surface area contributed by atoms with Gasteiger partial charge in [-0.05, 0) is 59.3 Å². The molecular weight excluding hydrogens is 461 g/mol. The summed E-state index contributed by atoms with van der Waals surface area (Å²) in [5, 5.41) is 33.2. The molecule has 35 heavy (non-hydrogen) atoms. The molecule has 176 valence electrons. The van der Waals surface area contributed by atoms with Crippen LogP contribution in [0.2, 0.25) is 0 Å². The number of hydrogen-bond acceptors (Lipinski definition) is 6. The van der Waals surface area contributed by atoms with E-state index in [0.29, 0.717) is 0 Å². The summed E-state index contributed by atoms with van der Waals surface area (Å²) in [6, 6.07) is 18.7. The van der Waals surface area contributed by atoms with Crippen molar-refractivity contribution in [3.8, 4) is 11.5 Å². The summed E-state index contributed by atoms with van der Waals surface area (Å²) < 4.78 is 38.5. The van der Waals surface area contributed by atoms with Gasteiger partial charge in [-0.1, -0.05) is 30.3 Å². The first-order valence-electron chi connectivity index (χ1n) is 10.2. The first kappa shape index (κ1) is 23.4. The molecule has 10 heteroatoms. The number of benzene rings is 4. The van der Waals surface area contributed by atoms with Gasteiger partial charge in [0, 0.05) is 5.56 Å². The van der Waals surface area contributed by atoms with Crippen molar-refractivity contribution in [3.05, 3.63) is 95.6 Å². The number of nitrogens with zero attached hydrogens (tertiary/aromatic N) is 3. The fraction of sp³-hybridized carbons (Fsp3) is 0.0400. The van der Waals surface area contributed by atoms with E-state index in [4.69, 9.17) is 0 Å². The average molecular weight is 478 g/mol. The summed E-state index contributed by atoms with van der Waals surface area (Å²) in [6.45, 7) is 0. The van der Waals surface area contributed by atoms with Crippen LogP contribution in [-0.4, -0.2) is 22.3 Å². The van der Waals surface area contributed by atoms with Gasteiger partial charge in [0.1, 0.15) is 11.5 Å². The Morgan fingerprint density at radius 1 is 0.800 bits per heavy atom. The van der Waals surface area contributed by atoms with Gasteiger partial charge in [-0.3, -0.25) is 4.79 Å². The monoisotopic (exact) mass is 478 g/mol. The Labute approximate surface area is 196 Å². The maximum atomic E-state index is 12.8. The van der Waals surface area contributed by atoms with Crippen molar-refractivity contribution in [1.82, 2.24) is 5.43 Å². The number of fused-ring (bicyclic) bond motifs is 1. The topological polar surface area (TPSA) is 107 Å². The molecular formula is C25H17F3N4O3. The number of phenolic OH excluding ortho intramolecular Hbond substituents is 2. The number of amides is 1. The number of carbonyl (C=O) groups is 1. The van der Waals surface area contributed by atoms with E-state index >= 15 is 0 Å². The van der Waals surface area contributed by atoms with Gasteiger partial charge >= 0.3 is 6.18 Å². The zero-order chi connectivity index (χ0) is 25.0. The van der Waals surface area contributed by atoms with Gasteiger partial charge < -0.3 is 10.2 Å². The predicted octanol–water partition coefficient (Wildman–Crippen LogP) is 6.45. The molecule has 0 aliphatic rings. The van der Waals surface area contributed by atoms with Gasteiger partial charge in [-0.2, -0.15) is 28.5 Å². The van der Waals surface area contributed by atoms with Crippen LogP contribution in [0.5, 0.6) is 11.5 Å². The standard InChI is InChI=1S/C25H17F3N4O3/c26-25(27,28)18-6-3-7-19(13-18)30-31-20-8-9-22(33)17(10-20)14-29-32-24(35)21-11-15-4-1-2-5-16(15)12-23(21)34/h1-14,33-34H,(H,32,35). The van der Waals surface area contributed by atoms with E-state index in [2.05, 4.69) is 20.8 Å². The minimum absolute atomic E-state index is 0.00516. The zero-order valence-corrected chi connectivity index (χ0v) is 17.9. The Hall–Kier alpha value is -4.73. The van der Waals surface area contributed by atoms with Crippen molar-refractivity contribution in [1.29, 1.82) is 0 Å². The van der Waals surface area contributed by atoms with Crippen LogP contribution >= 0.6 is 0 Å². The second kappa shape index (κ2) is 9.64. The van der Waals surface area contributed by atoms with Gasteiger partial charge in [0.2, 0.25) is 0 Å². The second-order valence-electron chi connectivity index (χ2n) is 7.41. The number of alkyl halides is 3. The number of aromatic hydroxyl groups is 2. The van der Waals surface area contributed by atoms with Crippen molar-refractivity contribution in [3.63, 3.8) is 0 Å². The van der Waals surface area contributed by atoms with E-state index in [-0.39, 0.29) is 34.0 Å². The van der Waals surface area contributed by atoms with E-state index in [1.807, 2.05) is 6.07 Å². The molecule has 1 amide bonds. The van der Waals surface area contributed by atoms with Crippen LogP contribution in [-0.2, 0) is 6.18 Å². The quantitative estimate of drug-likeness (QED) is 0.174. The molecule has 0 saturated heterocycles. The van der Waals surface area contributed by atoms with Crippen LogP contribution in [0.4, 0.5) is 24.5 Å². The summed E-state index contributed by atoms with van der Waals surface area (Å²) in [7, 11) is 0. The van der Waals surface area contributed by atoms with E-state index in [1.54, 1.807) is 18.2 Å². The molecule has 0 bridgehead atoms. The average Bonchev–Trinajstić information content (AvgIpc) is 2.83. The van der Waals surface area contributed by atoms with Gasteiger partial charge in [0.15, 0.2) is 0 Å². The molecule has 0 spiro atoms. The van der Waals surface area contributed by atoms with Crippen molar-refractivity contribution in [2.45, 2.75) is 6.18 Å². The summed E-state index contributed by atoms with van der Waals surface area (Å²) in [6.07, 6.45) is -3.34. The third-order valence-corrected chi connectivity index (χ3v) is 4.94. The Bertz CT molecular complexity index is 1470. The number of nitrogens with one attached hydrogen (secondary N) is 1. The lowest BCUT2D eigenvalue weighted by Gasteiger charge is -2.06. The molecule has 0 unspecified atom stereocenters. The number of carbonyl (C=O) groups excluding carboxylic acids is 1. The fourth-order valence-corrected chi connectivity index (χ4v) is 3.20. The van der Waals surface area contributed by atoms with E-state index in [9.17, 15) is 28.2 Å². The lowest BCUT2D eigenvalue weighted by Crippen LogP contribution is -2.17. The second-order valence-corrected chi connectivity index (χ2v) is 7.41. The Kier molecular flexibility index (Phi) is 6.45. The molecule has 0 aliphatic carbocycles. The van der Waals surface area contributed by atoms with Gasteiger partial charge in [-0.15, -0.1) is 0 Å². The maximum absolute atomic E-state index is 12.8. The van der Waals surface area contributed by atoms with Crippen LogP contribution in [0.1, 0.15) is 21.5 Å². The summed E-state index contributed by atoms with van der Waals surface area (Å²) >= 11 is 0. The molecule has 0 atom stereocenters. The fourth-order valence-electron chi connectivity index (χ4n) is 3.20. The highest BCUT2D eigenvalue weighted by atomic mass is 19.4. The van der Waals surface area contributed by atoms with Crippen molar-refractivity contribution >= 4 is 34.3 Å². The summed E-state index contributed by atoms with van der Waals surface area (Å²) in [5.74, 6) is -1.05. The molecule has 0 saturated carbocycles. The highest BCUT2D eigenvalue weighted by Gasteiger charge is 2.30. The minimum Gasteiger partial charge on any atom is -0.507 e. The van der Waals surface area contributed by atoms with Crippen molar-refractivity contribution in [2.24, 2.45) is 15.3 Å². The molecule has 0 aliphatic heterocycles. The third kappa shape index (κ3) is 5.61. The minimum atomic E-state index is -4.50. The van der Waals surface area contributed by atoms with Gasteiger partial charge in [-0.25, -0.2) is 5.43 Å². The van der Waals surface area contributed by atoms with Crippen LogP contribution in [0.15, 0.2) is 94.2 Å². The number of rotatable bonds is 5. The molecule has 7 nitrogen and oxygen atoms in total. The Morgan fingerprint density at radius 2 is 1.49 bits per heavy atom. The van der Waals surface area contributed by atoms with E-state index < -0.39 is 17.6 Å². The molecule has 4 aromatic carbocycles. The number of hydrazone groups is 1. The van der Waals surface area contributed by atoms with Crippen LogP contribution in [0.25, 0.3) is 10.8 Å². The van der Waals surface area contributed by atoms with Crippen molar-refractivity contribution < 1.29 is 28.2 Å². The highest BCUT2D eigenvalue weighted by Crippen LogP contribution is 2.32. The SMILES string of the molecule is O=C(NN=Cc1cc(N=Nc2cccc(C(F)(F)F)c2)ccc1O)c1cc2ccccc2cc1O. The highest BCUT2D eigenvalue weighted by molar-refractivity contribution is 6.01. The predicted molar refractivity (Wildman–Crippen MR) is 124 cm³/mol. The molecule has 0 heterocycles. The largest absolute Gasteiger partial charge is 0.507 e. The smallest absolute Gasteiger partial charge is 0.416 e. The van der Waals surface area contributed by atoms with Gasteiger partial charge in [0.25, 0.3) is 5.91 Å². The summed E-state index contributed by atoms with van der Waals surface area (Å²) in [5.41, 5.74) is 1.87. The van der Waals surface area contributed by atoms with Crippen LogP contribution < -0.4 is 5.43 Å². The first-order valence-corrected chi connectivity index (χ1v) is 10.2. The third-order valence-electron chi connectivity index (χ3n) is 4.94.